The Hall–Kier alpha value is -1.00. The zero-order valence-electron chi connectivity index (χ0n) is 16.2. The number of rotatable bonds is 9. The molecule has 32 heavy (non-hydrogen) atoms. The first-order valence-electron chi connectivity index (χ1n) is 8.37. The monoisotopic (exact) mass is 525 g/mol. The van der Waals surface area contributed by atoms with Crippen molar-refractivity contribution in [2.45, 2.75) is 30.5 Å². The van der Waals surface area contributed by atoms with Gasteiger partial charge in [-0.25, -0.2) is 13.7 Å². The molecule has 9 N–H and O–H groups in total. The molecule has 184 valence electrons. The molecule has 0 spiro atoms. The molecule has 20 heteroatoms. The lowest BCUT2D eigenvalue weighted by atomic mass is 9.87. The Kier molecular flexibility index (Phi) is 7.65. The lowest BCUT2D eigenvalue weighted by molar-refractivity contribution is -0.138. The van der Waals surface area contributed by atoms with Crippen molar-refractivity contribution in [3.63, 3.8) is 0 Å². The fourth-order valence-electron chi connectivity index (χ4n) is 2.94. The largest absolute Gasteiger partial charge is 0.490 e. The number of aliphatic hydroxyl groups is 2. The smallest absolute Gasteiger partial charge is 0.387 e. The van der Waals surface area contributed by atoms with Crippen LogP contribution in [0.3, 0.4) is 0 Å². The summed E-state index contributed by atoms with van der Waals surface area (Å²) in [5, 5.41) is 23.8. The van der Waals surface area contributed by atoms with E-state index >= 15 is 0 Å². The van der Waals surface area contributed by atoms with Crippen molar-refractivity contribution in [1.82, 2.24) is 10.2 Å². The second kappa shape index (κ2) is 8.98. The first kappa shape index (κ1) is 27.2. The van der Waals surface area contributed by atoms with Crippen LogP contribution >= 0.6 is 23.5 Å². The van der Waals surface area contributed by atoms with Crippen LogP contribution in [0, 0.1) is 0 Å². The minimum Gasteiger partial charge on any atom is -0.387 e. The van der Waals surface area contributed by atoms with Gasteiger partial charge in [-0.3, -0.25) is 9.32 Å². The van der Waals surface area contributed by atoms with Crippen molar-refractivity contribution in [3.8, 4) is 0 Å². The summed E-state index contributed by atoms with van der Waals surface area (Å²) in [6.07, 6.45) is -1.09. The highest BCUT2D eigenvalue weighted by atomic mass is 31.3. The molecule has 2 unspecified atom stereocenters. The number of aliphatic hydroxyl groups excluding tert-OH is 1. The summed E-state index contributed by atoms with van der Waals surface area (Å²) in [5.74, 6) is -0.571. The van der Waals surface area contributed by atoms with Crippen LogP contribution in [-0.2, 0) is 36.4 Å². The Morgan fingerprint density at radius 1 is 1.25 bits per heavy atom. The number of carbonyl (C=O) groups is 1. The molecule has 0 saturated carbocycles. The summed E-state index contributed by atoms with van der Waals surface area (Å²) >= 11 is 0. The molecule has 0 radical (unpaired) electrons. The van der Waals surface area contributed by atoms with E-state index in [2.05, 4.69) is 25.0 Å². The van der Waals surface area contributed by atoms with Gasteiger partial charge < -0.3 is 50.5 Å². The van der Waals surface area contributed by atoms with E-state index in [1.54, 1.807) is 0 Å². The van der Waals surface area contributed by atoms with E-state index in [0.717, 1.165) is 17.9 Å². The third-order valence-electron chi connectivity index (χ3n) is 4.35. The lowest BCUT2D eigenvalue weighted by Gasteiger charge is -2.37. The van der Waals surface area contributed by atoms with Gasteiger partial charge >= 0.3 is 23.5 Å². The first-order chi connectivity index (χ1) is 14.3. The maximum Gasteiger partial charge on any atom is 0.490 e. The van der Waals surface area contributed by atoms with Gasteiger partial charge in [0.1, 0.15) is 23.1 Å². The van der Waals surface area contributed by atoms with Crippen molar-refractivity contribution in [1.29, 1.82) is 0 Å². The van der Waals surface area contributed by atoms with Crippen LogP contribution in [0.25, 0.3) is 0 Å². The number of nitrogens with one attached hydrogen (secondary N) is 1. The predicted molar refractivity (Wildman–Crippen MR) is 101 cm³/mol. The molecule has 1 amide bonds. The first-order valence-corrected chi connectivity index (χ1v) is 12.9. The van der Waals surface area contributed by atoms with Gasteiger partial charge in [0.15, 0.2) is 6.23 Å². The van der Waals surface area contributed by atoms with E-state index in [9.17, 15) is 38.5 Å². The summed E-state index contributed by atoms with van der Waals surface area (Å²) < 4.78 is 51.4. The highest BCUT2D eigenvalue weighted by molar-refractivity contribution is 7.66. The molecule has 2 rings (SSSR count). The summed E-state index contributed by atoms with van der Waals surface area (Å²) in [6, 6.07) is 0. The highest BCUT2D eigenvalue weighted by Gasteiger charge is 2.63. The molecular weight excluding hydrogens is 503 g/mol. The second-order valence-corrected chi connectivity index (χ2v) is 11.3. The highest BCUT2D eigenvalue weighted by Crippen LogP contribution is 2.66. The Balaban J connectivity index is 2.22. The third-order valence-corrected chi connectivity index (χ3v) is 8.13. The van der Waals surface area contributed by atoms with Gasteiger partial charge in [-0.2, -0.15) is 8.62 Å². The van der Waals surface area contributed by atoms with Crippen molar-refractivity contribution in [3.05, 3.63) is 24.7 Å². The van der Waals surface area contributed by atoms with E-state index in [-0.39, 0.29) is 5.82 Å². The zero-order chi connectivity index (χ0) is 24.8. The van der Waals surface area contributed by atoms with Crippen LogP contribution in [0.15, 0.2) is 24.7 Å². The molecular formula is C12H22N3O14P3. The Bertz CT molecular complexity index is 948. The van der Waals surface area contributed by atoms with Crippen LogP contribution in [0.1, 0.15) is 6.92 Å². The van der Waals surface area contributed by atoms with Gasteiger partial charge in [0.2, 0.25) is 0 Å². The fraction of sp³-hybridized carbons (Fsp3) is 0.583. The Morgan fingerprint density at radius 3 is 2.34 bits per heavy atom. The predicted octanol–water partition coefficient (Wildman–Crippen LogP) is -2.09. The summed E-state index contributed by atoms with van der Waals surface area (Å²) in [7, 11) is -16.9. The van der Waals surface area contributed by atoms with Gasteiger partial charge in [-0.15, -0.1) is 0 Å². The van der Waals surface area contributed by atoms with E-state index in [1.807, 2.05) is 0 Å². The number of amides is 1. The maximum absolute atomic E-state index is 12.0. The van der Waals surface area contributed by atoms with Gasteiger partial charge in [0.05, 0.1) is 6.61 Å². The van der Waals surface area contributed by atoms with Crippen LogP contribution in [0.2, 0.25) is 0 Å². The number of nitrogens with two attached hydrogens (primary N) is 1. The van der Waals surface area contributed by atoms with Gasteiger partial charge in [-0.1, -0.05) is 6.58 Å². The Labute approximate surface area is 180 Å². The van der Waals surface area contributed by atoms with Crippen LogP contribution < -0.4 is 11.1 Å². The Morgan fingerprint density at radius 2 is 1.84 bits per heavy atom. The molecule has 1 fully saturated rings. The number of hydrogen-bond acceptors (Lipinski definition) is 12. The average molecular weight is 525 g/mol. The molecule has 0 aliphatic carbocycles. The van der Waals surface area contributed by atoms with Crippen LogP contribution in [0.4, 0.5) is 0 Å². The fourth-order valence-corrected chi connectivity index (χ4v) is 6.02. The van der Waals surface area contributed by atoms with Crippen molar-refractivity contribution in [2.75, 3.05) is 13.2 Å². The van der Waals surface area contributed by atoms with Crippen LogP contribution in [0.5, 0.6) is 0 Å². The lowest BCUT2D eigenvalue weighted by Crippen LogP contribution is -2.56. The van der Waals surface area contributed by atoms with E-state index in [1.165, 1.54) is 6.20 Å². The second-order valence-electron chi connectivity index (χ2n) is 6.89. The average Bonchev–Trinajstić information content (AvgIpc) is 2.78. The van der Waals surface area contributed by atoms with E-state index in [0.29, 0.717) is 0 Å². The minimum atomic E-state index is -5.77. The molecule has 2 aliphatic heterocycles. The standard InChI is InChI=1S/C12H22N3O14P3/c1-7-14-8(16)3-4-15(7)10-11(2,18)9(17)12(5-13,27-10)6-26-31(22,23)29-32(24,25)28-30(19,20)21/h3-4,9-10,17-18H,1,5-6,13H2,2H3,(H,14,16)(H,22,23)(H,24,25)(H2,19,20,21)/t9-,10+,11+,12+/m0/s1. The summed E-state index contributed by atoms with van der Waals surface area (Å²) in [4.78, 5) is 48.5. The summed E-state index contributed by atoms with van der Waals surface area (Å²) in [6.45, 7) is 2.96. The molecule has 2 heterocycles. The number of phosphoric ester groups is 1. The minimum absolute atomic E-state index is 0.0457. The topological polar surface area (TPSA) is 268 Å². The van der Waals surface area contributed by atoms with Gasteiger partial charge in [0, 0.05) is 18.8 Å². The number of hydrogen-bond donors (Lipinski definition) is 8. The number of carbonyl (C=O) groups excluding carboxylic acids is 1. The molecule has 6 atom stereocenters. The number of nitrogens with zero attached hydrogens (tertiary/aromatic N) is 1. The quantitative estimate of drug-likeness (QED) is 0.150. The van der Waals surface area contributed by atoms with Crippen molar-refractivity contribution >= 4 is 29.4 Å². The summed E-state index contributed by atoms with van der Waals surface area (Å²) in [5.41, 5.74) is 1.39. The van der Waals surface area contributed by atoms with Gasteiger partial charge in [0.25, 0.3) is 5.91 Å². The van der Waals surface area contributed by atoms with Crippen molar-refractivity contribution in [2.24, 2.45) is 5.73 Å². The molecule has 0 aromatic rings. The SMILES string of the molecule is C=C1NC(=O)C=CN1[C@@H]1O[C@](CN)(COP(=O)(O)OP(=O)(O)OP(=O)(O)O)[C@@H](O)[C@@]1(C)O. The number of ether oxygens (including phenoxy) is 1. The van der Waals surface area contributed by atoms with Crippen molar-refractivity contribution < 1.29 is 66.2 Å². The van der Waals surface area contributed by atoms with Crippen LogP contribution in [-0.4, -0.2) is 77.3 Å². The molecule has 0 aromatic carbocycles. The van der Waals surface area contributed by atoms with E-state index in [4.69, 9.17) is 20.3 Å². The van der Waals surface area contributed by atoms with Gasteiger partial charge in [-0.05, 0) is 6.92 Å². The van der Waals surface area contributed by atoms with E-state index < -0.39 is 66.1 Å². The molecule has 17 nitrogen and oxygen atoms in total. The maximum atomic E-state index is 12.0. The zero-order valence-corrected chi connectivity index (χ0v) is 18.9. The third kappa shape index (κ3) is 6.11. The number of phosphoric acid groups is 3. The molecule has 2 aliphatic rings. The molecule has 0 bridgehead atoms. The molecule has 0 aromatic heterocycles. The normalized spacial score (nSPS) is 34.8. The molecule has 1 saturated heterocycles.